The minimum Gasteiger partial charge on any atom is -0.378 e. The van der Waals surface area contributed by atoms with Crippen LogP contribution < -0.4 is 0 Å². The Kier molecular flexibility index (Phi) is 3.60. The number of hydrogen-bond acceptors (Lipinski definition) is 4. The van der Waals surface area contributed by atoms with Crippen LogP contribution >= 0.6 is 0 Å². The van der Waals surface area contributed by atoms with E-state index in [1.807, 2.05) is 0 Å². The van der Waals surface area contributed by atoms with Gasteiger partial charge in [0.05, 0.1) is 0 Å². The number of likely N-dealkylation sites (N-methyl/N-ethyl adjacent to an activating group) is 1. The lowest BCUT2D eigenvalue weighted by Crippen LogP contribution is -2.36. The van der Waals surface area contributed by atoms with Gasteiger partial charge in [-0.1, -0.05) is 11.8 Å². The summed E-state index contributed by atoms with van der Waals surface area (Å²) in [6.45, 7) is 6.42. The highest BCUT2D eigenvalue weighted by Crippen LogP contribution is 2.36. The minimum atomic E-state index is -1.15. The monoisotopic (exact) mass is 286 g/mol. The molecule has 0 spiro atoms. The van der Waals surface area contributed by atoms with Crippen LogP contribution in [0.2, 0.25) is 0 Å². The number of hydrogen-bond donors (Lipinski definition) is 1. The molecule has 1 amide bonds. The molecule has 5 heteroatoms. The van der Waals surface area contributed by atoms with Crippen LogP contribution in [-0.4, -0.2) is 46.6 Å². The number of fused-ring (bicyclic) bond motifs is 1. The van der Waals surface area contributed by atoms with Crippen LogP contribution in [0, 0.1) is 11.8 Å². The fourth-order valence-electron chi connectivity index (χ4n) is 2.50. The molecule has 0 saturated heterocycles. The molecule has 0 aliphatic carbocycles. The van der Waals surface area contributed by atoms with E-state index in [0.29, 0.717) is 16.7 Å². The average molecular weight is 286 g/mol. The maximum absolute atomic E-state index is 12.0. The fraction of sp³-hybridized carbons (Fsp3) is 0.438. The van der Waals surface area contributed by atoms with Crippen LogP contribution in [0.3, 0.4) is 0 Å². The molecular formula is C16H18N2O3. The third-order valence-corrected chi connectivity index (χ3v) is 3.52. The lowest BCUT2D eigenvalue weighted by Gasteiger charge is -2.23. The molecule has 2 rings (SSSR count). The molecule has 1 atom stereocenters. The number of carbonyl (C=O) groups is 2. The van der Waals surface area contributed by atoms with E-state index in [-0.39, 0.29) is 11.7 Å². The van der Waals surface area contributed by atoms with Gasteiger partial charge in [-0.15, -0.1) is 0 Å². The smallest absolute Gasteiger partial charge is 0.273 e. The molecule has 0 aromatic rings. The van der Waals surface area contributed by atoms with Crippen LogP contribution in [-0.2, 0) is 9.59 Å². The number of nitrogens with zero attached hydrogens (tertiary/aromatic N) is 2. The SMILES string of the molecule is CC(=O)C1=C(C)N(C)C2C(=O)N=CC(C#CC(C)(C)O)=C12. The largest absolute Gasteiger partial charge is 0.378 e. The zero-order valence-electron chi connectivity index (χ0n) is 12.8. The van der Waals surface area contributed by atoms with Gasteiger partial charge in [-0.2, -0.15) is 0 Å². The number of ketones is 1. The molecule has 2 aliphatic heterocycles. The molecule has 0 fully saturated rings. The van der Waals surface area contributed by atoms with E-state index in [4.69, 9.17) is 0 Å². The third-order valence-electron chi connectivity index (χ3n) is 3.52. The summed E-state index contributed by atoms with van der Waals surface area (Å²) in [6, 6.07) is -0.597. The number of aliphatic imine (C=N–C) groups is 1. The van der Waals surface area contributed by atoms with Crippen molar-refractivity contribution in [3.05, 3.63) is 22.4 Å². The number of aliphatic hydroxyl groups is 1. The molecule has 2 heterocycles. The van der Waals surface area contributed by atoms with Gasteiger partial charge in [0.2, 0.25) is 0 Å². The van der Waals surface area contributed by atoms with Crippen molar-refractivity contribution in [3.8, 4) is 11.8 Å². The minimum absolute atomic E-state index is 0.109. The Bertz CT molecular complexity index is 679. The molecule has 0 bridgehead atoms. The van der Waals surface area contributed by atoms with Gasteiger partial charge in [-0.25, -0.2) is 4.99 Å². The van der Waals surface area contributed by atoms with Crippen LogP contribution in [0.15, 0.2) is 27.4 Å². The summed E-state index contributed by atoms with van der Waals surface area (Å²) in [5.41, 5.74) is 1.21. The van der Waals surface area contributed by atoms with Crippen molar-refractivity contribution in [1.29, 1.82) is 0 Å². The van der Waals surface area contributed by atoms with Gasteiger partial charge in [0.15, 0.2) is 5.78 Å². The van der Waals surface area contributed by atoms with Gasteiger partial charge in [-0.05, 0) is 27.7 Å². The highest BCUT2D eigenvalue weighted by molar-refractivity contribution is 6.11. The fourth-order valence-corrected chi connectivity index (χ4v) is 2.50. The number of amides is 1. The summed E-state index contributed by atoms with van der Waals surface area (Å²) >= 11 is 0. The molecule has 5 nitrogen and oxygen atoms in total. The summed E-state index contributed by atoms with van der Waals surface area (Å²) in [6.07, 6.45) is 1.38. The molecule has 1 N–H and O–H groups in total. The first-order valence-corrected chi connectivity index (χ1v) is 6.66. The number of Topliss-reactive ketones (excluding diaryl/α,β-unsaturated/α-hetero) is 1. The summed E-state index contributed by atoms with van der Waals surface area (Å²) < 4.78 is 0. The summed E-state index contributed by atoms with van der Waals surface area (Å²) in [5, 5.41) is 9.72. The summed E-state index contributed by atoms with van der Waals surface area (Å²) in [7, 11) is 1.76. The third kappa shape index (κ3) is 2.67. The van der Waals surface area contributed by atoms with E-state index in [9.17, 15) is 14.7 Å². The van der Waals surface area contributed by atoms with Gasteiger partial charge in [0, 0.05) is 35.7 Å². The number of carbonyl (C=O) groups excluding carboxylic acids is 2. The number of allylic oxidation sites excluding steroid dienone is 2. The molecule has 110 valence electrons. The van der Waals surface area contributed by atoms with Crippen molar-refractivity contribution in [2.45, 2.75) is 39.3 Å². The molecule has 0 radical (unpaired) electrons. The van der Waals surface area contributed by atoms with E-state index < -0.39 is 11.6 Å². The normalized spacial score (nSPS) is 21.5. The van der Waals surface area contributed by atoms with Crippen LogP contribution in [0.4, 0.5) is 0 Å². The molecule has 1 unspecified atom stereocenters. The van der Waals surface area contributed by atoms with Crippen molar-refractivity contribution in [2.24, 2.45) is 4.99 Å². The van der Waals surface area contributed by atoms with E-state index in [0.717, 1.165) is 5.70 Å². The Morgan fingerprint density at radius 2 is 2.10 bits per heavy atom. The number of rotatable bonds is 1. The first-order valence-electron chi connectivity index (χ1n) is 6.66. The van der Waals surface area contributed by atoms with E-state index in [2.05, 4.69) is 16.8 Å². The van der Waals surface area contributed by atoms with E-state index >= 15 is 0 Å². The lowest BCUT2D eigenvalue weighted by atomic mass is 9.91. The average Bonchev–Trinajstić information content (AvgIpc) is 2.61. The first-order chi connectivity index (χ1) is 9.63. The topological polar surface area (TPSA) is 70.0 Å². The van der Waals surface area contributed by atoms with E-state index in [1.54, 1.807) is 32.7 Å². The zero-order chi connectivity index (χ0) is 15.9. The second kappa shape index (κ2) is 4.97. The first kappa shape index (κ1) is 15.2. The second-order valence-corrected chi connectivity index (χ2v) is 5.76. The van der Waals surface area contributed by atoms with Crippen LogP contribution in [0.5, 0.6) is 0 Å². The van der Waals surface area contributed by atoms with Crippen molar-refractivity contribution in [2.75, 3.05) is 7.05 Å². The molecule has 0 aromatic heterocycles. The maximum Gasteiger partial charge on any atom is 0.273 e. The Morgan fingerprint density at radius 1 is 1.48 bits per heavy atom. The summed E-state index contributed by atoms with van der Waals surface area (Å²) in [4.78, 5) is 29.6. The van der Waals surface area contributed by atoms with Gasteiger partial charge < -0.3 is 10.0 Å². The number of dihydropyridines is 1. The Hall–Kier alpha value is -2.19. The Morgan fingerprint density at radius 3 is 2.62 bits per heavy atom. The van der Waals surface area contributed by atoms with Crippen molar-refractivity contribution < 1.29 is 14.7 Å². The molecule has 21 heavy (non-hydrogen) atoms. The Labute approximate surface area is 124 Å². The lowest BCUT2D eigenvalue weighted by molar-refractivity contribution is -0.120. The van der Waals surface area contributed by atoms with Crippen molar-refractivity contribution in [1.82, 2.24) is 4.90 Å². The Balaban J connectivity index is 2.66. The molecule has 0 aromatic carbocycles. The highest BCUT2D eigenvalue weighted by Gasteiger charge is 2.41. The predicted molar refractivity (Wildman–Crippen MR) is 79.5 cm³/mol. The second-order valence-electron chi connectivity index (χ2n) is 5.76. The highest BCUT2D eigenvalue weighted by atomic mass is 16.3. The van der Waals surface area contributed by atoms with Crippen molar-refractivity contribution in [3.63, 3.8) is 0 Å². The van der Waals surface area contributed by atoms with Crippen LogP contribution in [0.1, 0.15) is 27.7 Å². The van der Waals surface area contributed by atoms with E-state index in [1.165, 1.54) is 13.1 Å². The summed E-state index contributed by atoms with van der Waals surface area (Å²) in [5.74, 6) is 5.13. The quantitative estimate of drug-likeness (QED) is 0.725. The van der Waals surface area contributed by atoms with Gasteiger partial charge in [-0.3, -0.25) is 9.59 Å². The standard InChI is InChI=1S/C16H18N2O3/c1-9-12(10(2)19)13-11(6-7-16(3,4)21)8-17-15(20)14(13)18(9)5/h8,14,21H,1-5H3. The van der Waals surface area contributed by atoms with Crippen molar-refractivity contribution >= 4 is 17.9 Å². The van der Waals surface area contributed by atoms with Crippen LogP contribution in [0.25, 0.3) is 0 Å². The molecule has 0 saturated carbocycles. The molecule has 2 aliphatic rings. The van der Waals surface area contributed by atoms with Gasteiger partial charge >= 0.3 is 0 Å². The van der Waals surface area contributed by atoms with Gasteiger partial charge in [0.25, 0.3) is 5.91 Å². The maximum atomic E-state index is 12.0. The zero-order valence-corrected chi connectivity index (χ0v) is 12.8. The van der Waals surface area contributed by atoms with Gasteiger partial charge in [0.1, 0.15) is 11.6 Å². The molecular weight excluding hydrogens is 268 g/mol. The predicted octanol–water partition coefficient (Wildman–Crippen LogP) is 0.845.